The molecule has 2 N–H and O–H groups in total. The molecule has 1 aromatic carbocycles. The van der Waals surface area contributed by atoms with Gasteiger partial charge in [0.15, 0.2) is 5.96 Å². The molecule has 0 amide bonds. The molecule has 0 radical (unpaired) electrons. The van der Waals surface area contributed by atoms with Crippen molar-refractivity contribution >= 4 is 5.96 Å². The van der Waals surface area contributed by atoms with Gasteiger partial charge in [0.1, 0.15) is 5.75 Å². The molecule has 28 heavy (non-hydrogen) atoms. The van der Waals surface area contributed by atoms with Crippen LogP contribution < -0.4 is 15.4 Å². The van der Waals surface area contributed by atoms with Crippen LogP contribution in [0.15, 0.2) is 23.2 Å². The number of hydrogen-bond acceptors (Lipinski definition) is 4. The zero-order valence-electron chi connectivity index (χ0n) is 18.1. The molecule has 0 saturated carbocycles. The third-order valence-corrected chi connectivity index (χ3v) is 5.10. The smallest absolute Gasteiger partial charge is 0.191 e. The summed E-state index contributed by atoms with van der Waals surface area (Å²) in [5.41, 5.74) is 2.31. The van der Waals surface area contributed by atoms with Gasteiger partial charge in [-0.15, -0.1) is 0 Å². The quantitative estimate of drug-likeness (QED) is 0.346. The number of guanidine groups is 1. The van der Waals surface area contributed by atoms with E-state index in [2.05, 4.69) is 54.5 Å². The van der Waals surface area contributed by atoms with Crippen LogP contribution in [0.4, 0.5) is 0 Å². The van der Waals surface area contributed by atoms with Crippen LogP contribution in [-0.4, -0.2) is 63.9 Å². The second-order valence-electron chi connectivity index (χ2n) is 7.43. The highest BCUT2D eigenvalue weighted by Gasteiger charge is 2.21. The molecule has 6 nitrogen and oxygen atoms in total. The first-order chi connectivity index (χ1) is 13.7. The van der Waals surface area contributed by atoms with Crippen LogP contribution in [0, 0.1) is 12.8 Å². The summed E-state index contributed by atoms with van der Waals surface area (Å²) in [7, 11) is 1.72. The number of likely N-dealkylation sites (tertiary alicyclic amines) is 1. The van der Waals surface area contributed by atoms with Crippen molar-refractivity contribution in [1.29, 1.82) is 0 Å². The SMILES string of the molecule is CCNC(=NCc1ccc(C)cc1OCCCOC)NCC1CCN(CC)C1. The standard InChI is InChI=1S/C22H38N4O2/c1-5-23-22(24-15-19-10-11-26(6-2)17-19)25-16-20-9-8-18(3)14-21(20)28-13-7-12-27-4/h8-9,14,19H,5-7,10-13,15-17H2,1-4H3,(H2,23,24,25). The minimum atomic E-state index is 0.598. The molecule has 0 aliphatic carbocycles. The first-order valence-electron chi connectivity index (χ1n) is 10.6. The van der Waals surface area contributed by atoms with E-state index in [1.807, 2.05) is 0 Å². The molecule has 1 fully saturated rings. The lowest BCUT2D eigenvalue weighted by molar-refractivity contribution is 0.172. The van der Waals surface area contributed by atoms with Crippen LogP contribution in [0.2, 0.25) is 0 Å². The van der Waals surface area contributed by atoms with E-state index in [1.165, 1.54) is 25.1 Å². The maximum absolute atomic E-state index is 5.98. The molecule has 0 bridgehead atoms. The maximum atomic E-state index is 5.98. The van der Waals surface area contributed by atoms with Crippen LogP contribution in [0.5, 0.6) is 5.75 Å². The van der Waals surface area contributed by atoms with Gasteiger partial charge in [0, 0.05) is 45.3 Å². The average Bonchev–Trinajstić information content (AvgIpc) is 3.16. The van der Waals surface area contributed by atoms with Crippen molar-refractivity contribution in [2.45, 2.75) is 40.2 Å². The summed E-state index contributed by atoms with van der Waals surface area (Å²) >= 11 is 0. The first-order valence-corrected chi connectivity index (χ1v) is 10.6. The van der Waals surface area contributed by atoms with E-state index >= 15 is 0 Å². The number of nitrogens with one attached hydrogen (secondary N) is 2. The lowest BCUT2D eigenvalue weighted by atomic mass is 10.1. The van der Waals surface area contributed by atoms with E-state index < -0.39 is 0 Å². The number of hydrogen-bond donors (Lipinski definition) is 2. The van der Waals surface area contributed by atoms with Crippen molar-refractivity contribution < 1.29 is 9.47 Å². The number of aliphatic imine (C=N–C) groups is 1. The van der Waals surface area contributed by atoms with Crippen molar-refractivity contribution in [3.63, 3.8) is 0 Å². The predicted octanol–water partition coefficient (Wildman–Crippen LogP) is 2.81. The van der Waals surface area contributed by atoms with Crippen molar-refractivity contribution in [2.75, 3.05) is 53.0 Å². The summed E-state index contributed by atoms with van der Waals surface area (Å²) < 4.78 is 11.1. The number of benzene rings is 1. The van der Waals surface area contributed by atoms with Gasteiger partial charge >= 0.3 is 0 Å². The summed E-state index contributed by atoms with van der Waals surface area (Å²) in [4.78, 5) is 7.30. The molecule has 1 aliphatic rings. The Morgan fingerprint density at radius 1 is 1.25 bits per heavy atom. The Labute approximate surface area is 170 Å². The minimum Gasteiger partial charge on any atom is -0.493 e. The number of aryl methyl sites for hydroxylation is 1. The second kappa shape index (κ2) is 12.6. The zero-order valence-corrected chi connectivity index (χ0v) is 18.1. The molecule has 2 rings (SSSR count). The van der Waals surface area contributed by atoms with E-state index in [0.29, 0.717) is 25.7 Å². The van der Waals surface area contributed by atoms with E-state index in [0.717, 1.165) is 43.3 Å². The predicted molar refractivity (Wildman–Crippen MR) is 116 cm³/mol. The van der Waals surface area contributed by atoms with E-state index in [1.54, 1.807) is 7.11 Å². The van der Waals surface area contributed by atoms with Gasteiger partial charge < -0.3 is 25.0 Å². The molecule has 1 atom stereocenters. The third kappa shape index (κ3) is 7.68. The molecule has 0 spiro atoms. The average molecular weight is 391 g/mol. The van der Waals surface area contributed by atoms with Gasteiger partial charge in [-0.2, -0.15) is 0 Å². The fourth-order valence-corrected chi connectivity index (χ4v) is 3.43. The molecular formula is C22H38N4O2. The van der Waals surface area contributed by atoms with Crippen molar-refractivity contribution in [1.82, 2.24) is 15.5 Å². The van der Waals surface area contributed by atoms with Gasteiger partial charge in [-0.05, 0) is 50.9 Å². The molecule has 0 aromatic heterocycles. The molecule has 1 saturated heterocycles. The van der Waals surface area contributed by atoms with Crippen molar-refractivity contribution in [3.8, 4) is 5.75 Å². The first kappa shape index (κ1) is 22.5. The lowest BCUT2D eigenvalue weighted by Crippen LogP contribution is -2.40. The van der Waals surface area contributed by atoms with Gasteiger partial charge in [0.05, 0.1) is 13.2 Å². The third-order valence-electron chi connectivity index (χ3n) is 5.10. The zero-order chi connectivity index (χ0) is 20.2. The largest absolute Gasteiger partial charge is 0.493 e. The molecule has 1 unspecified atom stereocenters. The molecule has 1 aliphatic heterocycles. The van der Waals surface area contributed by atoms with Gasteiger partial charge in [-0.25, -0.2) is 4.99 Å². The maximum Gasteiger partial charge on any atom is 0.191 e. The topological polar surface area (TPSA) is 58.1 Å². The molecule has 158 valence electrons. The van der Waals surface area contributed by atoms with Crippen molar-refractivity contribution in [3.05, 3.63) is 29.3 Å². The molecule has 1 aromatic rings. The number of rotatable bonds is 11. The highest BCUT2D eigenvalue weighted by atomic mass is 16.5. The summed E-state index contributed by atoms with van der Waals surface area (Å²) in [5, 5.41) is 6.88. The highest BCUT2D eigenvalue weighted by molar-refractivity contribution is 5.79. The van der Waals surface area contributed by atoms with Crippen LogP contribution >= 0.6 is 0 Å². The Hall–Kier alpha value is -1.79. The van der Waals surface area contributed by atoms with Crippen molar-refractivity contribution in [2.24, 2.45) is 10.9 Å². The second-order valence-corrected chi connectivity index (χ2v) is 7.43. The number of nitrogens with zero attached hydrogens (tertiary/aromatic N) is 2. The Morgan fingerprint density at radius 3 is 2.82 bits per heavy atom. The van der Waals surface area contributed by atoms with Gasteiger partial charge in [-0.1, -0.05) is 19.1 Å². The fraction of sp³-hybridized carbons (Fsp3) is 0.682. The summed E-state index contributed by atoms with van der Waals surface area (Å²) in [6.07, 6.45) is 2.14. The van der Waals surface area contributed by atoms with Gasteiger partial charge in [0.25, 0.3) is 0 Å². The lowest BCUT2D eigenvalue weighted by Gasteiger charge is -2.17. The minimum absolute atomic E-state index is 0.598. The van der Waals surface area contributed by atoms with E-state index in [4.69, 9.17) is 14.5 Å². The molecular weight excluding hydrogens is 352 g/mol. The fourth-order valence-electron chi connectivity index (χ4n) is 3.43. The summed E-state index contributed by atoms with van der Waals surface area (Å²) in [6, 6.07) is 6.32. The Kier molecular flexibility index (Phi) is 10.1. The Morgan fingerprint density at radius 2 is 2.11 bits per heavy atom. The number of methoxy groups -OCH3 is 1. The van der Waals surface area contributed by atoms with E-state index in [9.17, 15) is 0 Å². The van der Waals surface area contributed by atoms with Gasteiger partial charge in [0.2, 0.25) is 0 Å². The Bertz CT molecular complexity index is 606. The number of ether oxygens (including phenoxy) is 2. The Balaban J connectivity index is 1.93. The van der Waals surface area contributed by atoms with Crippen LogP contribution in [0.25, 0.3) is 0 Å². The normalized spacial score (nSPS) is 17.7. The molecule has 6 heteroatoms. The van der Waals surface area contributed by atoms with E-state index in [-0.39, 0.29) is 0 Å². The highest BCUT2D eigenvalue weighted by Crippen LogP contribution is 2.21. The molecule has 1 heterocycles. The van der Waals surface area contributed by atoms with Gasteiger partial charge in [-0.3, -0.25) is 0 Å². The summed E-state index contributed by atoms with van der Waals surface area (Å²) in [6.45, 7) is 13.7. The van der Waals surface area contributed by atoms with Crippen LogP contribution in [-0.2, 0) is 11.3 Å². The summed E-state index contributed by atoms with van der Waals surface area (Å²) in [5.74, 6) is 2.50. The monoisotopic (exact) mass is 390 g/mol. The van der Waals surface area contributed by atoms with Crippen LogP contribution in [0.3, 0.4) is 0 Å². The van der Waals surface area contributed by atoms with Crippen LogP contribution in [0.1, 0.15) is 37.8 Å².